The summed E-state index contributed by atoms with van der Waals surface area (Å²) in [6.45, 7) is 0.0422. The molecule has 0 radical (unpaired) electrons. The van der Waals surface area contributed by atoms with Crippen molar-refractivity contribution in [2.75, 3.05) is 25.6 Å². The van der Waals surface area contributed by atoms with Crippen LogP contribution in [0.15, 0.2) is 115 Å². The van der Waals surface area contributed by atoms with E-state index in [-0.39, 0.29) is 36.5 Å². The van der Waals surface area contributed by atoms with Crippen molar-refractivity contribution in [2.45, 2.75) is 10.8 Å². The van der Waals surface area contributed by atoms with Gasteiger partial charge >= 0.3 is 0 Å². The summed E-state index contributed by atoms with van der Waals surface area (Å²) in [6, 6.07) is 32.8. The van der Waals surface area contributed by atoms with Gasteiger partial charge in [0.15, 0.2) is 28.8 Å². The van der Waals surface area contributed by atoms with E-state index in [1.54, 1.807) is 12.1 Å². The standard InChI is InChI=1S/C42H28N2O10/c1-50-31-20-27(44(48)49)14-15-28(31)43-38(45)36-37(39(43)46)42(26-10-6-3-7-11-26)35(24-13-17-30-33(19-24)54-22-52-30)34(23-12-16-29-32(18-23)53-21-51-29)41(36,40(42)47)25-8-4-2-5-9-25/h2-20,36-37H,21-22H2,1H3/t36-,37-,41+,42+/m1/s1. The highest BCUT2D eigenvalue weighted by Gasteiger charge is 2.83. The van der Waals surface area contributed by atoms with Crippen molar-refractivity contribution in [3.05, 3.63) is 148 Å². The number of ether oxygens (including phenoxy) is 5. The number of fused-ring (bicyclic) bond motifs is 7. The molecule has 54 heavy (non-hydrogen) atoms. The fraction of sp³-hybridized carbons (Fsp3) is 0.167. The zero-order valence-electron chi connectivity index (χ0n) is 28.5. The summed E-state index contributed by atoms with van der Waals surface area (Å²) in [5, 5.41) is 11.7. The van der Waals surface area contributed by atoms with E-state index in [1.165, 1.54) is 25.3 Å². The minimum atomic E-state index is -1.71. The van der Waals surface area contributed by atoms with Crippen LogP contribution in [0.5, 0.6) is 28.7 Å². The van der Waals surface area contributed by atoms with Crippen molar-refractivity contribution in [2.24, 2.45) is 11.8 Å². The Morgan fingerprint density at radius 3 is 1.59 bits per heavy atom. The summed E-state index contributed by atoms with van der Waals surface area (Å²) >= 11 is 0. The quantitative estimate of drug-likeness (QED) is 0.108. The molecule has 4 atom stereocenters. The maximum absolute atomic E-state index is 16.3. The van der Waals surface area contributed by atoms with Gasteiger partial charge in [-0.25, -0.2) is 4.90 Å². The molecule has 12 heteroatoms. The summed E-state index contributed by atoms with van der Waals surface area (Å²) in [5.41, 5.74) is -0.301. The van der Waals surface area contributed by atoms with E-state index in [9.17, 15) is 10.1 Å². The highest BCUT2D eigenvalue weighted by molar-refractivity contribution is 6.39. The van der Waals surface area contributed by atoms with E-state index in [2.05, 4.69) is 0 Å². The van der Waals surface area contributed by atoms with Crippen LogP contribution in [-0.4, -0.2) is 43.2 Å². The summed E-state index contributed by atoms with van der Waals surface area (Å²) in [5.74, 6) is -2.08. The first-order chi connectivity index (χ1) is 26.3. The molecule has 0 spiro atoms. The number of carbonyl (C=O) groups excluding carboxylic acids is 3. The molecule has 3 aliphatic heterocycles. The van der Waals surface area contributed by atoms with E-state index < -0.39 is 39.4 Å². The van der Waals surface area contributed by atoms with E-state index in [4.69, 9.17) is 23.7 Å². The third-order valence-electron chi connectivity index (χ3n) is 11.4. The SMILES string of the molecule is COc1cc([N+](=O)[O-])ccc1N1C(=O)[C@H]2[C@H](C1=O)[C@@]1(c3ccccc3)C(=O)[C@@]2(c2ccccc2)C(c2ccc3c(c2)OCO3)=C1c1ccc2c(c1)OCO2. The van der Waals surface area contributed by atoms with Crippen molar-refractivity contribution in [1.82, 2.24) is 0 Å². The molecular formula is C42H28N2O10. The predicted molar refractivity (Wildman–Crippen MR) is 192 cm³/mol. The van der Waals surface area contributed by atoms with Crippen molar-refractivity contribution in [1.29, 1.82) is 0 Å². The maximum atomic E-state index is 16.3. The number of benzene rings is 5. The Kier molecular flexibility index (Phi) is 6.63. The van der Waals surface area contributed by atoms with Gasteiger partial charge in [0.05, 0.1) is 46.5 Å². The van der Waals surface area contributed by atoms with Crippen molar-refractivity contribution < 1.29 is 43.0 Å². The molecule has 3 heterocycles. The normalized spacial score (nSPS) is 24.4. The van der Waals surface area contributed by atoms with Gasteiger partial charge in [-0.1, -0.05) is 72.8 Å². The van der Waals surface area contributed by atoms with Crippen LogP contribution in [0.25, 0.3) is 11.1 Å². The zero-order valence-corrected chi connectivity index (χ0v) is 28.5. The molecule has 2 fully saturated rings. The van der Waals surface area contributed by atoms with Crippen LogP contribution in [0.1, 0.15) is 22.3 Å². The second-order valence-electron chi connectivity index (χ2n) is 13.6. The Bertz CT molecular complexity index is 2380. The van der Waals surface area contributed by atoms with Gasteiger partial charge in [0.25, 0.3) is 5.69 Å². The van der Waals surface area contributed by atoms with Crippen LogP contribution >= 0.6 is 0 Å². The number of allylic oxidation sites excluding steroid dienone is 2. The first-order valence-corrected chi connectivity index (χ1v) is 17.2. The molecule has 0 N–H and O–H groups in total. The summed E-state index contributed by atoms with van der Waals surface area (Å²) in [6.07, 6.45) is 0. The molecule has 2 amide bonds. The Balaban J connectivity index is 1.34. The van der Waals surface area contributed by atoms with Crippen molar-refractivity contribution in [3.8, 4) is 28.7 Å². The Labute approximate surface area is 307 Å². The maximum Gasteiger partial charge on any atom is 0.273 e. The number of hydrogen-bond acceptors (Lipinski definition) is 10. The van der Waals surface area contributed by atoms with Gasteiger partial charge in [0.2, 0.25) is 25.4 Å². The van der Waals surface area contributed by atoms with Gasteiger partial charge in [-0.05, 0) is 63.7 Å². The van der Waals surface area contributed by atoms with Gasteiger partial charge in [0.1, 0.15) is 5.75 Å². The highest BCUT2D eigenvalue weighted by atomic mass is 16.7. The highest BCUT2D eigenvalue weighted by Crippen LogP contribution is 2.75. The zero-order chi connectivity index (χ0) is 36.9. The van der Waals surface area contributed by atoms with Crippen LogP contribution in [0, 0.1) is 22.0 Å². The van der Waals surface area contributed by atoms with E-state index in [0.29, 0.717) is 56.4 Å². The Morgan fingerprint density at radius 1 is 0.648 bits per heavy atom. The van der Waals surface area contributed by atoms with E-state index in [0.717, 1.165) is 4.90 Å². The molecular weight excluding hydrogens is 692 g/mol. The molecule has 2 bridgehead atoms. The lowest BCUT2D eigenvalue weighted by atomic mass is 9.59. The second kappa shape index (κ2) is 11.3. The van der Waals surface area contributed by atoms with Gasteiger partial charge in [-0.15, -0.1) is 0 Å². The van der Waals surface area contributed by atoms with Gasteiger partial charge in [-0.2, -0.15) is 0 Å². The topological polar surface area (TPSA) is 144 Å². The molecule has 1 saturated heterocycles. The van der Waals surface area contributed by atoms with Gasteiger partial charge in [0, 0.05) is 6.07 Å². The number of anilines is 1. The lowest BCUT2D eigenvalue weighted by Crippen LogP contribution is -2.45. The van der Waals surface area contributed by atoms with Crippen LogP contribution in [-0.2, 0) is 25.2 Å². The smallest absolute Gasteiger partial charge is 0.273 e. The number of carbonyl (C=O) groups is 3. The summed E-state index contributed by atoms with van der Waals surface area (Å²) < 4.78 is 28.6. The minimum Gasteiger partial charge on any atom is -0.494 e. The van der Waals surface area contributed by atoms with Gasteiger partial charge in [-0.3, -0.25) is 24.5 Å². The third kappa shape index (κ3) is 3.88. The Morgan fingerprint density at radius 2 is 1.13 bits per heavy atom. The lowest BCUT2D eigenvalue weighted by Gasteiger charge is -2.39. The molecule has 1 saturated carbocycles. The largest absolute Gasteiger partial charge is 0.494 e. The predicted octanol–water partition coefficient (Wildman–Crippen LogP) is 6.25. The number of non-ortho nitro benzene ring substituents is 1. The number of Topliss-reactive ketones (excluding diaryl/α,β-unsaturated/α-hetero) is 1. The number of nitro groups is 1. The number of imide groups is 1. The number of hydrogen-bond donors (Lipinski definition) is 0. The summed E-state index contributed by atoms with van der Waals surface area (Å²) in [7, 11) is 1.32. The van der Waals surface area contributed by atoms with Crippen LogP contribution in [0.3, 0.4) is 0 Å². The van der Waals surface area contributed by atoms with E-state index >= 15 is 14.4 Å². The number of nitrogens with zero attached hydrogens (tertiary/aromatic N) is 2. The average molecular weight is 721 g/mol. The molecule has 5 aliphatic rings. The number of methoxy groups -OCH3 is 1. The number of nitro benzene ring substituents is 1. The molecule has 2 aliphatic carbocycles. The van der Waals surface area contributed by atoms with Crippen LogP contribution < -0.4 is 28.6 Å². The molecule has 0 unspecified atom stereocenters. The fourth-order valence-electron chi connectivity index (χ4n) is 9.43. The first-order valence-electron chi connectivity index (χ1n) is 17.2. The average Bonchev–Trinajstić information content (AvgIpc) is 4.01. The second-order valence-corrected chi connectivity index (χ2v) is 13.6. The van der Waals surface area contributed by atoms with Crippen LogP contribution in [0.2, 0.25) is 0 Å². The molecule has 0 aromatic heterocycles. The summed E-state index contributed by atoms with van der Waals surface area (Å²) in [4.78, 5) is 59.2. The fourth-order valence-corrected chi connectivity index (χ4v) is 9.43. The first kappa shape index (κ1) is 31.8. The monoisotopic (exact) mass is 720 g/mol. The number of rotatable bonds is 7. The Hall–Kier alpha value is -6.95. The van der Waals surface area contributed by atoms with E-state index in [1.807, 2.05) is 84.9 Å². The molecule has 10 rings (SSSR count). The molecule has 12 nitrogen and oxygen atoms in total. The number of ketones is 1. The third-order valence-corrected chi connectivity index (χ3v) is 11.4. The van der Waals surface area contributed by atoms with Crippen molar-refractivity contribution >= 4 is 40.1 Å². The molecule has 266 valence electrons. The molecule has 5 aromatic carbocycles. The van der Waals surface area contributed by atoms with Crippen LogP contribution in [0.4, 0.5) is 11.4 Å². The van der Waals surface area contributed by atoms with Gasteiger partial charge < -0.3 is 23.7 Å². The minimum absolute atomic E-state index is 0.0211. The lowest BCUT2D eigenvalue weighted by molar-refractivity contribution is -0.384. The molecule has 5 aromatic rings. The number of amides is 2. The van der Waals surface area contributed by atoms with Crippen molar-refractivity contribution in [3.63, 3.8) is 0 Å².